The van der Waals surface area contributed by atoms with Gasteiger partial charge in [0.1, 0.15) is 30.3 Å². The molecule has 3 N–H and O–H groups in total. The third-order valence-corrected chi connectivity index (χ3v) is 7.99. The van der Waals surface area contributed by atoms with Gasteiger partial charge in [0, 0.05) is 32.6 Å². The summed E-state index contributed by atoms with van der Waals surface area (Å²) >= 11 is 9.94. The monoisotopic (exact) mass is 550 g/mol. The van der Waals surface area contributed by atoms with Crippen LogP contribution in [0, 0.1) is 5.82 Å². The van der Waals surface area contributed by atoms with E-state index in [0.29, 0.717) is 16.6 Å². The van der Waals surface area contributed by atoms with Crippen molar-refractivity contribution in [2.45, 2.75) is 12.6 Å². The van der Waals surface area contributed by atoms with Gasteiger partial charge in [0.25, 0.3) is 0 Å². The molecule has 0 saturated heterocycles. The number of rotatable bonds is 9. The fraction of sp³-hybridized carbons (Fsp3) is 0.143. The van der Waals surface area contributed by atoms with Crippen molar-refractivity contribution in [3.8, 4) is 16.2 Å². The predicted molar refractivity (Wildman–Crippen MR) is 154 cm³/mol. The van der Waals surface area contributed by atoms with Crippen molar-refractivity contribution in [1.82, 2.24) is 9.97 Å². The summed E-state index contributed by atoms with van der Waals surface area (Å²) in [5.74, 6) is 1.77. The summed E-state index contributed by atoms with van der Waals surface area (Å²) < 4.78 is 19.2. The Morgan fingerprint density at radius 3 is 2.78 bits per heavy atom. The third-order valence-electron chi connectivity index (χ3n) is 5.74. The second-order valence-corrected chi connectivity index (χ2v) is 10.8. The molecule has 0 aliphatic heterocycles. The minimum absolute atomic E-state index is 0.0281. The Kier molecular flexibility index (Phi) is 7.90. The summed E-state index contributed by atoms with van der Waals surface area (Å²) in [7, 11) is 0. The maximum Gasteiger partial charge on any atom is 0.141 e. The first-order valence-electron chi connectivity index (χ1n) is 11.5. The number of thioether (sulfide) groups is 1. The zero-order chi connectivity index (χ0) is 25.8. The van der Waals surface area contributed by atoms with Gasteiger partial charge in [0.05, 0.1) is 10.5 Å². The van der Waals surface area contributed by atoms with Crippen molar-refractivity contribution in [3.63, 3.8) is 0 Å². The largest absolute Gasteiger partial charge is 0.487 e. The van der Waals surface area contributed by atoms with Crippen LogP contribution >= 0.6 is 34.7 Å². The molecule has 5 rings (SSSR count). The molecule has 2 heterocycles. The average molecular weight is 551 g/mol. The van der Waals surface area contributed by atoms with Gasteiger partial charge in [0.15, 0.2) is 0 Å². The molecule has 0 saturated carbocycles. The van der Waals surface area contributed by atoms with Gasteiger partial charge in [0.2, 0.25) is 0 Å². The number of nitrogens with one attached hydrogen (secondary N) is 1. The highest BCUT2D eigenvalue weighted by atomic mass is 35.5. The van der Waals surface area contributed by atoms with Crippen LogP contribution in [-0.2, 0) is 6.61 Å². The van der Waals surface area contributed by atoms with Crippen LogP contribution in [0.2, 0.25) is 5.02 Å². The standard InChI is InChI=1S/C28H24ClFN4OS2/c1-36-15-23(31)27-10-9-26(37-27)18-5-7-24-21(12-18)28(33-16-32-24)34-20-6-8-25(22(29)13-20)35-14-17-3-2-4-19(30)11-17/h2-13,16,23H,14-15,31H2,1H3,(H,32,33,34). The molecule has 0 spiro atoms. The highest BCUT2D eigenvalue weighted by Gasteiger charge is 2.12. The average Bonchev–Trinajstić information content (AvgIpc) is 3.39. The molecule has 3 aromatic carbocycles. The summed E-state index contributed by atoms with van der Waals surface area (Å²) in [5.41, 5.74) is 9.70. The molecule has 0 aliphatic carbocycles. The summed E-state index contributed by atoms with van der Waals surface area (Å²) in [6.45, 7) is 0.218. The summed E-state index contributed by atoms with van der Waals surface area (Å²) in [5, 5.41) is 4.69. The molecule has 1 atom stereocenters. The molecule has 0 bridgehead atoms. The highest BCUT2D eigenvalue weighted by Crippen LogP contribution is 2.35. The Bertz CT molecular complexity index is 1540. The number of ether oxygens (including phenoxy) is 1. The van der Waals surface area contributed by atoms with Crippen molar-refractivity contribution >= 4 is 57.1 Å². The van der Waals surface area contributed by atoms with E-state index in [1.807, 2.05) is 12.1 Å². The second-order valence-electron chi connectivity index (χ2n) is 8.41. The predicted octanol–water partition coefficient (Wildman–Crippen LogP) is 7.84. The fourth-order valence-corrected chi connectivity index (χ4v) is 5.78. The van der Waals surface area contributed by atoms with E-state index in [1.54, 1.807) is 47.4 Å². The molecule has 0 radical (unpaired) electrons. The molecular weight excluding hydrogens is 527 g/mol. The van der Waals surface area contributed by atoms with Gasteiger partial charge in [-0.15, -0.1) is 11.3 Å². The van der Waals surface area contributed by atoms with Crippen LogP contribution in [0.15, 0.2) is 79.1 Å². The first kappa shape index (κ1) is 25.5. The molecule has 188 valence electrons. The Labute approximate surface area is 227 Å². The van der Waals surface area contributed by atoms with Crippen LogP contribution in [0.1, 0.15) is 16.5 Å². The maximum absolute atomic E-state index is 13.4. The maximum atomic E-state index is 13.4. The van der Waals surface area contributed by atoms with E-state index in [4.69, 9.17) is 22.1 Å². The van der Waals surface area contributed by atoms with Crippen LogP contribution in [0.4, 0.5) is 15.9 Å². The summed E-state index contributed by atoms with van der Waals surface area (Å²) in [4.78, 5) is 11.2. The van der Waals surface area contributed by atoms with Gasteiger partial charge >= 0.3 is 0 Å². The Morgan fingerprint density at radius 2 is 1.97 bits per heavy atom. The Balaban J connectivity index is 1.36. The van der Waals surface area contributed by atoms with E-state index >= 15 is 0 Å². The van der Waals surface area contributed by atoms with Gasteiger partial charge in [-0.1, -0.05) is 29.8 Å². The van der Waals surface area contributed by atoms with Crippen LogP contribution < -0.4 is 15.8 Å². The number of nitrogens with zero attached hydrogens (tertiary/aromatic N) is 2. The molecule has 2 aromatic heterocycles. The quantitative estimate of drug-likeness (QED) is 0.195. The van der Waals surface area contributed by atoms with E-state index in [-0.39, 0.29) is 18.5 Å². The SMILES string of the molecule is CSCC(N)c1ccc(-c2ccc3ncnc(Nc4ccc(OCc5cccc(F)c5)c(Cl)c4)c3c2)s1. The number of fused-ring (bicyclic) bond motifs is 1. The Morgan fingerprint density at radius 1 is 1.08 bits per heavy atom. The minimum Gasteiger partial charge on any atom is -0.487 e. The molecule has 5 aromatic rings. The molecule has 1 unspecified atom stereocenters. The van der Waals surface area contributed by atoms with E-state index in [9.17, 15) is 4.39 Å². The van der Waals surface area contributed by atoms with Crippen molar-refractivity contribution in [1.29, 1.82) is 0 Å². The molecule has 5 nitrogen and oxygen atoms in total. The molecule has 0 aliphatic rings. The zero-order valence-corrected chi connectivity index (χ0v) is 22.3. The summed E-state index contributed by atoms with van der Waals surface area (Å²) in [6, 6.07) is 22.1. The molecular formula is C28H24ClFN4OS2. The minimum atomic E-state index is -0.300. The van der Waals surface area contributed by atoms with Gasteiger partial charge in [-0.05, 0) is 72.0 Å². The topological polar surface area (TPSA) is 73.1 Å². The normalized spacial score (nSPS) is 12.0. The molecule has 0 amide bonds. The number of hydrogen-bond acceptors (Lipinski definition) is 7. The lowest BCUT2D eigenvalue weighted by atomic mass is 10.1. The van der Waals surface area contributed by atoms with E-state index in [1.165, 1.54) is 23.3 Å². The van der Waals surface area contributed by atoms with Crippen LogP contribution in [0.3, 0.4) is 0 Å². The number of aromatic nitrogens is 2. The fourth-order valence-electron chi connectivity index (χ4n) is 3.90. The van der Waals surface area contributed by atoms with Crippen molar-refractivity contribution in [2.75, 3.05) is 17.3 Å². The number of nitrogens with two attached hydrogens (primary N) is 1. The lowest BCUT2D eigenvalue weighted by Crippen LogP contribution is -2.10. The molecule has 37 heavy (non-hydrogen) atoms. The smallest absolute Gasteiger partial charge is 0.141 e. The van der Waals surface area contributed by atoms with Gasteiger partial charge < -0.3 is 15.8 Å². The third kappa shape index (κ3) is 6.05. The van der Waals surface area contributed by atoms with Crippen LogP contribution in [0.5, 0.6) is 5.75 Å². The highest BCUT2D eigenvalue weighted by molar-refractivity contribution is 7.98. The lowest BCUT2D eigenvalue weighted by molar-refractivity contribution is 0.306. The van der Waals surface area contributed by atoms with Crippen molar-refractivity contribution in [2.24, 2.45) is 5.73 Å². The number of anilines is 2. The lowest BCUT2D eigenvalue weighted by Gasteiger charge is -2.12. The second kappa shape index (κ2) is 11.5. The number of halogens is 2. The number of thiophene rings is 1. The van der Waals surface area contributed by atoms with Crippen molar-refractivity contribution < 1.29 is 9.13 Å². The van der Waals surface area contributed by atoms with Gasteiger partial charge in [-0.2, -0.15) is 11.8 Å². The van der Waals surface area contributed by atoms with Crippen molar-refractivity contribution in [3.05, 3.63) is 100 Å². The summed E-state index contributed by atoms with van der Waals surface area (Å²) in [6.07, 6.45) is 3.60. The van der Waals surface area contributed by atoms with E-state index in [0.717, 1.165) is 38.3 Å². The van der Waals surface area contributed by atoms with Gasteiger partial charge in [-0.25, -0.2) is 14.4 Å². The van der Waals surface area contributed by atoms with E-state index in [2.05, 4.69) is 45.8 Å². The first-order chi connectivity index (χ1) is 18.0. The number of benzene rings is 3. The Hall–Kier alpha value is -3.17. The molecule has 0 fully saturated rings. The molecule has 9 heteroatoms. The van der Waals surface area contributed by atoms with Crippen LogP contribution in [-0.4, -0.2) is 22.0 Å². The first-order valence-corrected chi connectivity index (χ1v) is 14.1. The number of hydrogen-bond donors (Lipinski definition) is 2. The van der Waals surface area contributed by atoms with E-state index < -0.39 is 0 Å². The van der Waals surface area contributed by atoms with Gasteiger partial charge in [-0.3, -0.25) is 0 Å². The zero-order valence-electron chi connectivity index (χ0n) is 19.9. The van der Waals surface area contributed by atoms with Crippen LogP contribution in [0.25, 0.3) is 21.3 Å².